The predicted octanol–water partition coefficient (Wildman–Crippen LogP) is 12.3. The van der Waals surface area contributed by atoms with Gasteiger partial charge in [-0.05, 0) is 96.3 Å². The summed E-state index contributed by atoms with van der Waals surface area (Å²) in [4.78, 5) is 24.2. The van der Waals surface area contributed by atoms with Crippen molar-refractivity contribution in [1.82, 2.24) is 0 Å². The third-order valence-corrected chi connectivity index (χ3v) is 7.55. The van der Waals surface area contributed by atoms with Crippen molar-refractivity contribution in [3.8, 4) is 0 Å². The molecule has 1 atom stereocenters. The molecular formula is C45H70O5. The summed E-state index contributed by atoms with van der Waals surface area (Å²) in [6.07, 6.45) is 57.2. The molecule has 0 heterocycles. The van der Waals surface area contributed by atoms with Gasteiger partial charge in [-0.15, -0.1) is 0 Å². The fraction of sp³-hybridized carbons (Fsp3) is 0.556. The monoisotopic (exact) mass is 691 g/mol. The highest BCUT2D eigenvalue weighted by atomic mass is 16.6. The average Bonchev–Trinajstić information content (AvgIpc) is 3.12. The van der Waals surface area contributed by atoms with Crippen LogP contribution in [0.3, 0.4) is 0 Å². The summed E-state index contributed by atoms with van der Waals surface area (Å²) in [5.41, 5.74) is 0. The minimum atomic E-state index is -0.821. The first-order valence-electron chi connectivity index (χ1n) is 19.4. The van der Waals surface area contributed by atoms with E-state index in [4.69, 9.17) is 9.47 Å². The summed E-state index contributed by atoms with van der Waals surface area (Å²) < 4.78 is 10.5. The van der Waals surface area contributed by atoms with E-state index in [0.29, 0.717) is 12.8 Å². The lowest BCUT2D eigenvalue weighted by atomic mass is 10.1. The molecule has 1 N–H and O–H groups in total. The van der Waals surface area contributed by atoms with E-state index in [1.807, 2.05) is 0 Å². The Morgan fingerprint density at radius 3 is 1.32 bits per heavy atom. The number of hydrogen-bond donors (Lipinski definition) is 1. The maximum Gasteiger partial charge on any atom is 0.306 e. The van der Waals surface area contributed by atoms with Crippen LogP contribution in [-0.4, -0.2) is 36.4 Å². The van der Waals surface area contributed by atoms with Crippen LogP contribution < -0.4 is 0 Å². The lowest BCUT2D eigenvalue weighted by molar-refractivity contribution is -0.161. The number of aliphatic hydroxyl groups is 1. The molecule has 0 aromatic heterocycles. The Balaban J connectivity index is 3.77. The predicted molar refractivity (Wildman–Crippen MR) is 214 cm³/mol. The van der Waals surface area contributed by atoms with Crippen molar-refractivity contribution in [2.45, 2.75) is 148 Å². The normalized spacial score (nSPS) is 13.4. The van der Waals surface area contributed by atoms with Crippen molar-refractivity contribution in [3.63, 3.8) is 0 Å². The van der Waals surface area contributed by atoms with Crippen LogP contribution in [0.1, 0.15) is 142 Å². The Labute approximate surface area is 306 Å². The number of rotatable bonds is 33. The minimum absolute atomic E-state index is 0.113. The van der Waals surface area contributed by atoms with Gasteiger partial charge >= 0.3 is 11.9 Å². The van der Waals surface area contributed by atoms with E-state index in [9.17, 15) is 14.7 Å². The summed E-state index contributed by atoms with van der Waals surface area (Å²) in [5, 5.41) is 9.54. The molecule has 0 aliphatic heterocycles. The first kappa shape index (κ1) is 46.6. The second-order valence-electron chi connectivity index (χ2n) is 12.3. The van der Waals surface area contributed by atoms with Gasteiger partial charge in [0, 0.05) is 12.8 Å². The van der Waals surface area contributed by atoms with Gasteiger partial charge in [-0.2, -0.15) is 0 Å². The maximum atomic E-state index is 12.1. The summed E-state index contributed by atoms with van der Waals surface area (Å²) >= 11 is 0. The van der Waals surface area contributed by atoms with Gasteiger partial charge in [0.05, 0.1) is 6.61 Å². The highest BCUT2D eigenvalue weighted by molar-refractivity contribution is 5.70. The van der Waals surface area contributed by atoms with Crippen LogP contribution in [0, 0.1) is 0 Å². The van der Waals surface area contributed by atoms with E-state index in [1.165, 1.54) is 25.7 Å². The largest absolute Gasteiger partial charge is 0.462 e. The highest BCUT2D eigenvalue weighted by Gasteiger charge is 2.15. The van der Waals surface area contributed by atoms with Crippen LogP contribution in [0.25, 0.3) is 0 Å². The summed E-state index contributed by atoms with van der Waals surface area (Å²) in [6, 6.07) is 0. The van der Waals surface area contributed by atoms with Gasteiger partial charge in [0.25, 0.3) is 0 Å². The number of carbonyl (C=O) groups excluding carboxylic acids is 2. The van der Waals surface area contributed by atoms with Gasteiger partial charge in [-0.3, -0.25) is 9.59 Å². The molecule has 0 unspecified atom stereocenters. The van der Waals surface area contributed by atoms with Crippen molar-refractivity contribution < 1.29 is 24.2 Å². The topological polar surface area (TPSA) is 72.8 Å². The van der Waals surface area contributed by atoms with Crippen molar-refractivity contribution in [1.29, 1.82) is 0 Å². The zero-order valence-electron chi connectivity index (χ0n) is 31.6. The molecule has 0 aromatic rings. The quantitative estimate of drug-likeness (QED) is 0.0421. The molecule has 0 aliphatic rings. The van der Waals surface area contributed by atoms with Crippen molar-refractivity contribution >= 4 is 11.9 Å². The maximum absolute atomic E-state index is 12.1. The summed E-state index contributed by atoms with van der Waals surface area (Å²) in [6.45, 7) is 3.89. The molecule has 5 heteroatoms. The van der Waals surface area contributed by atoms with Crippen LogP contribution in [0.15, 0.2) is 109 Å². The number of allylic oxidation sites excluding steroid dienone is 18. The fourth-order valence-electron chi connectivity index (χ4n) is 4.63. The number of aliphatic hydroxyl groups excluding tert-OH is 1. The Bertz CT molecular complexity index is 1050. The Morgan fingerprint density at radius 2 is 0.880 bits per heavy atom. The summed E-state index contributed by atoms with van der Waals surface area (Å²) in [5.74, 6) is -0.707. The number of hydrogen-bond acceptors (Lipinski definition) is 5. The molecule has 0 bridgehead atoms. The first-order chi connectivity index (χ1) is 24.6. The van der Waals surface area contributed by atoms with Crippen LogP contribution in [0.5, 0.6) is 0 Å². The first-order valence-corrected chi connectivity index (χ1v) is 19.4. The van der Waals surface area contributed by atoms with Crippen molar-refractivity contribution in [2.24, 2.45) is 0 Å². The molecule has 0 saturated carbocycles. The van der Waals surface area contributed by atoms with Crippen LogP contribution in [0.2, 0.25) is 0 Å². The third-order valence-electron chi connectivity index (χ3n) is 7.55. The Morgan fingerprint density at radius 1 is 0.480 bits per heavy atom. The molecule has 280 valence electrons. The molecule has 0 fully saturated rings. The number of esters is 2. The minimum Gasteiger partial charge on any atom is -0.462 e. The van der Waals surface area contributed by atoms with Crippen molar-refractivity contribution in [2.75, 3.05) is 13.2 Å². The van der Waals surface area contributed by atoms with E-state index >= 15 is 0 Å². The molecule has 0 radical (unpaired) electrons. The molecular weight excluding hydrogens is 620 g/mol. The number of unbranched alkanes of at least 4 members (excludes halogenated alkanes) is 7. The zero-order chi connectivity index (χ0) is 36.4. The van der Waals surface area contributed by atoms with Gasteiger partial charge in [0.15, 0.2) is 6.10 Å². The van der Waals surface area contributed by atoms with Crippen molar-refractivity contribution in [3.05, 3.63) is 109 Å². The van der Waals surface area contributed by atoms with Gasteiger partial charge < -0.3 is 14.6 Å². The Hall–Kier alpha value is -3.44. The van der Waals surface area contributed by atoms with E-state index in [1.54, 1.807) is 0 Å². The molecule has 0 aromatic carbocycles. The molecule has 0 amide bonds. The average molecular weight is 691 g/mol. The molecule has 0 spiro atoms. The number of ether oxygens (including phenoxy) is 2. The second kappa shape index (κ2) is 40.0. The smallest absolute Gasteiger partial charge is 0.306 e. The van der Waals surface area contributed by atoms with E-state index in [-0.39, 0.29) is 31.6 Å². The van der Waals surface area contributed by atoms with Crippen LogP contribution in [-0.2, 0) is 19.1 Å². The van der Waals surface area contributed by atoms with E-state index < -0.39 is 6.10 Å². The molecule has 5 nitrogen and oxygen atoms in total. The molecule has 50 heavy (non-hydrogen) atoms. The SMILES string of the molecule is CCC=CCC=CCC=CCC=CCC=CCCCCCC(=O)OC[C@H](CO)OC(=O)CCCC=CCC=CCC=CCC=CCCCCC. The standard InChI is InChI=1S/C45H70O5/c1-3-5-7-9-11-13-15-17-19-21-22-24-25-27-29-31-33-35-37-39-44(47)49-42-43(41-46)50-45(48)40-38-36-34-32-30-28-26-23-20-18-16-14-12-10-8-6-4-2/h5,7,11-14,17-20,22,24,26-29,32,34,43,46H,3-4,6,8-10,15-16,21,23,25,30-31,33,35-42H2,1-2H3/t43-/m0/s1. The van der Waals surface area contributed by atoms with Crippen LogP contribution in [0.4, 0.5) is 0 Å². The lowest BCUT2D eigenvalue weighted by Gasteiger charge is -2.15. The van der Waals surface area contributed by atoms with E-state index in [2.05, 4.69) is 123 Å². The van der Waals surface area contributed by atoms with Gasteiger partial charge in [-0.25, -0.2) is 0 Å². The van der Waals surface area contributed by atoms with Gasteiger partial charge in [0.1, 0.15) is 6.61 Å². The van der Waals surface area contributed by atoms with Gasteiger partial charge in [0.2, 0.25) is 0 Å². The van der Waals surface area contributed by atoms with Gasteiger partial charge in [-0.1, -0.05) is 142 Å². The zero-order valence-corrected chi connectivity index (χ0v) is 31.6. The molecule has 0 saturated heterocycles. The summed E-state index contributed by atoms with van der Waals surface area (Å²) in [7, 11) is 0. The Kier molecular flexibility index (Phi) is 37.2. The van der Waals surface area contributed by atoms with E-state index in [0.717, 1.165) is 83.5 Å². The lowest BCUT2D eigenvalue weighted by Crippen LogP contribution is -2.28. The fourth-order valence-corrected chi connectivity index (χ4v) is 4.63. The third kappa shape index (κ3) is 37.4. The van der Waals surface area contributed by atoms with Crippen LogP contribution >= 0.6 is 0 Å². The highest BCUT2D eigenvalue weighted by Crippen LogP contribution is 2.08. The number of carbonyl (C=O) groups is 2. The molecule has 0 rings (SSSR count). The second-order valence-corrected chi connectivity index (χ2v) is 12.3. The molecule has 0 aliphatic carbocycles.